The minimum absolute atomic E-state index is 0.0750. The van der Waals surface area contributed by atoms with Gasteiger partial charge in [-0.25, -0.2) is 4.79 Å². The molecule has 6 heteroatoms. The van der Waals surface area contributed by atoms with Crippen molar-refractivity contribution in [3.05, 3.63) is 11.1 Å². The number of hydrogen-bond acceptors (Lipinski definition) is 2. The van der Waals surface area contributed by atoms with Gasteiger partial charge in [-0.3, -0.25) is 0 Å². The molecule has 1 rings (SSSR count). The fraction of sp³-hybridized carbons (Fsp3) is 0.750. The molecule has 0 aromatic heterocycles. The highest BCUT2D eigenvalue weighted by atomic mass is 35.6. The summed E-state index contributed by atoms with van der Waals surface area (Å²) in [6.45, 7) is 3.75. The maximum atomic E-state index is 11.9. The highest BCUT2D eigenvalue weighted by Gasteiger charge is 2.41. The molecule has 0 aliphatic heterocycles. The zero-order valence-electron chi connectivity index (χ0n) is 10.5. The quantitative estimate of drug-likeness (QED) is 0.555. The van der Waals surface area contributed by atoms with Gasteiger partial charge in [0.2, 0.25) is 0 Å². The number of alkyl halides is 4. The van der Waals surface area contributed by atoms with Gasteiger partial charge in [0.25, 0.3) is 0 Å². The van der Waals surface area contributed by atoms with Crippen molar-refractivity contribution in [3.63, 3.8) is 0 Å². The number of carbonyl (C=O) groups is 1. The highest BCUT2D eigenvalue weighted by molar-refractivity contribution is 6.67. The third-order valence-corrected chi connectivity index (χ3v) is 3.78. The summed E-state index contributed by atoms with van der Waals surface area (Å²) in [6, 6.07) is 0. The van der Waals surface area contributed by atoms with E-state index < -0.39 is 8.67 Å². The second-order valence-corrected chi connectivity index (χ2v) is 8.45. The fourth-order valence-corrected chi connectivity index (χ4v) is 3.05. The monoisotopic (exact) mass is 332 g/mol. The molecular formula is C12H16Cl4O2. The zero-order valence-corrected chi connectivity index (χ0v) is 13.6. The lowest BCUT2D eigenvalue weighted by Gasteiger charge is -2.26. The van der Waals surface area contributed by atoms with Crippen molar-refractivity contribution in [1.82, 2.24) is 0 Å². The van der Waals surface area contributed by atoms with Gasteiger partial charge in [-0.05, 0) is 26.7 Å². The van der Waals surface area contributed by atoms with Gasteiger partial charge in [-0.2, -0.15) is 0 Å². The lowest BCUT2D eigenvalue weighted by atomic mass is 9.88. The SMILES string of the molecule is COC(=O)C1=C(CC(Cl)(Cl)Cl)CC[C@H]1C(C)(C)Cl. The Morgan fingerprint density at radius 3 is 2.28 bits per heavy atom. The second kappa shape index (κ2) is 5.78. The van der Waals surface area contributed by atoms with Crippen molar-refractivity contribution in [2.45, 2.75) is 41.8 Å². The first kappa shape index (κ1) is 16.4. The first-order valence-corrected chi connectivity index (χ1v) is 7.13. The highest BCUT2D eigenvalue weighted by Crippen LogP contribution is 2.46. The van der Waals surface area contributed by atoms with Gasteiger partial charge in [0, 0.05) is 22.8 Å². The van der Waals surface area contributed by atoms with Gasteiger partial charge in [0.05, 0.1) is 7.11 Å². The molecule has 0 amide bonds. The Hall–Kier alpha value is 0.370. The molecule has 18 heavy (non-hydrogen) atoms. The maximum absolute atomic E-state index is 11.9. The molecular weight excluding hydrogens is 318 g/mol. The van der Waals surface area contributed by atoms with E-state index in [-0.39, 0.29) is 18.3 Å². The smallest absolute Gasteiger partial charge is 0.334 e. The average Bonchev–Trinajstić information content (AvgIpc) is 2.57. The third-order valence-electron chi connectivity index (χ3n) is 3.11. The van der Waals surface area contributed by atoms with Crippen molar-refractivity contribution in [2.24, 2.45) is 5.92 Å². The maximum Gasteiger partial charge on any atom is 0.334 e. The molecule has 0 unspecified atom stereocenters. The number of rotatable bonds is 3. The van der Waals surface area contributed by atoms with Crippen LogP contribution < -0.4 is 0 Å². The minimum atomic E-state index is -1.40. The number of carbonyl (C=O) groups excluding carboxylic acids is 1. The van der Waals surface area contributed by atoms with Crippen LogP contribution >= 0.6 is 46.4 Å². The van der Waals surface area contributed by atoms with Crippen molar-refractivity contribution >= 4 is 52.4 Å². The van der Waals surface area contributed by atoms with Crippen molar-refractivity contribution in [2.75, 3.05) is 7.11 Å². The van der Waals surface area contributed by atoms with E-state index in [4.69, 9.17) is 51.1 Å². The number of esters is 1. The molecule has 1 aliphatic carbocycles. The van der Waals surface area contributed by atoms with Crippen LogP contribution in [0.5, 0.6) is 0 Å². The van der Waals surface area contributed by atoms with E-state index in [1.807, 2.05) is 13.8 Å². The molecule has 0 spiro atoms. The lowest BCUT2D eigenvalue weighted by Crippen LogP contribution is -2.28. The van der Waals surface area contributed by atoms with Crippen LogP contribution in [0.1, 0.15) is 33.1 Å². The van der Waals surface area contributed by atoms with E-state index in [0.29, 0.717) is 12.0 Å². The van der Waals surface area contributed by atoms with Crippen LogP contribution in [-0.2, 0) is 9.53 Å². The molecule has 0 heterocycles. The van der Waals surface area contributed by atoms with Gasteiger partial charge < -0.3 is 4.74 Å². The summed E-state index contributed by atoms with van der Waals surface area (Å²) in [5.41, 5.74) is 1.41. The predicted octanol–water partition coefficient (Wildman–Crippen LogP) is 4.64. The van der Waals surface area contributed by atoms with Gasteiger partial charge in [-0.15, -0.1) is 11.6 Å². The number of methoxy groups -OCH3 is 1. The molecule has 0 radical (unpaired) electrons. The fourth-order valence-electron chi connectivity index (χ4n) is 2.35. The molecule has 0 N–H and O–H groups in total. The summed E-state index contributed by atoms with van der Waals surface area (Å²) in [5.74, 6) is -0.454. The van der Waals surface area contributed by atoms with Gasteiger partial charge >= 0.3 is 5.97 Å². The van der Waals surface area contributed by atoms with Crippen LogP contribution in [-0.4, -0.2) is 21.7 Å². The largest absolute Gasteiger partial charge is 0.466 e. The summed E-state index contributed by atoms with van der Waals surface area (Å²) >= 11 is 23.7. The Kier molecular flexibility index (Phi) is 5.28. The van der Waals surface area contributed by atoms with Crippen molar-refractivity contribution in [3.8, 4) is 0 Å². The van der Waals surface area contributed by atoms with Crippen LogP contribution in [0, 0.1) is 5.92 Å². The predicted molar refractivity (Wildman–Crippen MR) is 76.6 cm³/mol. The molecule has 0 fully saturated rings. The van der Waals surface area contributed by atoms with Gasteiger partial charge in [-0.1, -0.05) is 40.4 Å². The average molecular weight is 334 g/mol. The molecule has 104 valence electrons. The van der Waals surface area contributed by atoms with Gasteiger partial charge in [0.15, 0.2) is 3.79 Å². The van der Waals surface area contributed by atoms with E-state index >= 15 is 0 Å². The number of hydrogen-bond donors (Lipinski definition) is 0. The summed E-state index contributed by atoms with van der Waals surface area (Å²) in [7, 11) is 1.35. The first-order valence-electron chi connectivity index (χ1n) is 5.62. The normalized spacial score (nSPS) is 21.4. The minimum Gasteiger partial charge on any atom is -0.466 e. The van der Waals surface area contributed by atoms with E-state index in [1.54, 1.807) is 0 Å². The van der Waals surface area contributed by atoms with Crippen LogP contribution in [0.3, 0.4) is 0 Å². The van der Waals surface area contributed by atoms with Gasteiger partial charge in [0.1, 0.15) is 0 Å². The lowest BCUT2D eigenvalue weighted by molar-refractivity contribution is -0.136. The molecule has 1 aliphatic rings. The van der Waals surface area contributed by atoms with E-state index in [1.165, 1.54) is 7.11 Å². The summed E-state index contributed by atoms with van der Waals surface area (Å²) in [4.78, 5) is 11.4. The number of allylic oxidation sites excluding steroid dienone is 1. The van der Waals surface area contributed by atoms with Crippen molar-refractivity contribution in [1.29, 1.82) is 0 Å². The van der Waals surface area contributed by atoms with Crippen LogP contribution in [0.4, 0.5) is 0 Å². The Morgan fingerprint density at radius 2 is 1.89 bits per heavy atom. The number of ether oxygens (including phenoxy) is 1. The Labute approximate surface area is 128 Å². The molecule has 0 aromatic carbocycles. The summed E-state index contributed by atoms with van der Waals surface area (Å²) in [6.07, 6.45) is 1.71. The van der Waals surface area contributed by atoms with E-state index in [9.17, 15) is 4.79 Å². The zero-order chi connectivity index (χ0) is 14.1. The summed E-state index contributed by atoms with van der Waals surface area (Å²) < 4.78 is 3.42. The van der Waals surface area contributed by atoms with Crippen molar-refractivity contribution < 1.29 is 9.53 Å². The molecule has 0 saturated heterocycles. The Bertz CT molecular complexity index is 363. The number of halogens is 4. The third kappa shape index (κ3) is 4.19. The molecule has 2 nitrogen and oxygen atoms in total. The second-order valence-electron chi connectivity index (χ2n) is 4.96. The molecule has 0 bridgehead atoms. The topological polar surface area (TPSA) is 26.3 Å². The van der Waals surface area contributed by atoms with E-state index in [2.05, 4.69) is 0 Å². The Morgan fingerprint density at radius 1 is 1.33 bits per heavy atom. The van der Waals surface area contributed by atoms with Crippen LogP contribution in [0.25, 0.3) is 0 Å². The van der Waals surface area contributed by atoms with Crippen LogP contribution in [0.2, 0.25) is 0 Å². The first-order chi connectivity index (χ1) is 8.06. The Balaban J connectivity index is 3.11. The van der Waals surface area contributed by atoms with E-state index in [0.717, 1.165) is 12.0 Å². The molecule has 1 atom stereocenters. The molecule has 0 aromatic rings. The van der Waals surface area contributed by atoms with Crippen LogP contribution in [0.15, 0.2) is 11.1 Å². The molecule has 0 saturated carbocycles. The standard InChI is InChI=1S/C12H16Cl4O2/c1-11(2,13)8-5-4-7(6-12(14,15)16)9(8)10(17)18-3/h8H,4-6H2,1-3H3/t8-/m1/s1. The summed E-state index contributed by atoms with van der Waals surface area (Å²) in [5, 5.41) is 0.